The number of anilines is 2. The molecule has 3 rings (SSSR count). The highest BCUT2D eigenvalue weighted by molar-refractivity contribution is 6.13. The predicted octanol–water partition coefficient (Wildman–Crippen LogP) is 3.25. The predicted molar refractivity (Wildman–Crippen MR) is 117 cm³/mol. The number of carbonyl (C=O) groups excluding carboxylic acids is 2. The molecule has 1 aliphatic heterocycles. The van der Waals surface area contributed by atoms with Gasteiger partial charge in [0.2, 0.25) is 11.7 Å². The maximum atomic E-state index is 13.6. The molecule has 1 amide bonds. The first-order valence-corrected chi connectivity index (χ1v) is 10.3. The van der Waals surface area contributed by atoms with Gasteiger partial charge in [0.05, 0.1) is 18.2 Å². The Morgan fingerprint density at radius 3 is 2.50 bits per heavy atom. The van der Waals surface area contributed by atoms with Crippen LogP contribution < -0.4 is 15.8 Å². The number of amides is 1. The Labute approximate surface area is 186 Å². The molecule has 0 atom stereocenters. The van der Waals surface area contributed by atoms with E-state index in [-0.39, 0.29) is 40.8 Å². The maximum Gasteiger partial charge on any atom is 0.410 e. The summed E-state index contributed by atoms with van der Waals surface area (Å²) in [6.07, 6.45) is 2.35. The van der Waals surface area contributed by atoms with Gasteiger partial charge < -0.3 is 25.4 Å². The van der Waals surface area contributed by atoms with E-state index in [4.69, 9.17) is 15.2 Å². The SMILES string of the molecule is COc1ccc(F)cc1C(=O)c1cnc(NC2CCN(C(=O)OC(C)(C)C)CC2)nc1N. The molecule has 3 N–H and O–H groups in total. The number of carbonyl (C=O) groups is 2. The third kappa shape index (κ3) is 5.63. The second kappa shape index (κ2) is 9.37. The van der Waals surface area contributed by atoms with Crippen LogP contribution in [0.25, 0.3) is 0 Å². The minimum absolute atomic E-state index is 0.0231. The lowest BCUT2D eigenvalue weighted by atomic mass is 10.0. The van der Waals surface area contributed by atoms with Crippen LogP contribution in [0.1, 0.15) is 49.5 Å². The number of aromatic nitrogens is 2. The fraction of sp³-hybridized carbons (Fsp3) is 0.455. The molecular weight excluding hydrogens is 417 g/mol. The number of nitrogens with two attached hydrogens (primary N) is 1. The van der Waals surface area contributed by atoms with Crippen LogP contribution in [0, 0.1) is 5.82 Å². The van der Waals surface area contributed by atoms with E-state index >= 15 is 0 Å². The molecule has 0 bridgehead atoms. The van der Waals surface area contributed by atoms with Crippen LogP contribution in [-0.2, 0) is 4.74 Å². The smallest absolute Gasteiger partial charge is 0.410 e. The molecule has 10 heteroatoms. The monoisotopic (exact) mass is 445 g/mol. The van der Waals surface area contributed by atoms with Crippen molar-refractivity contribution in [3.63, 3.8) is 0 Å². The van der Waals surface area contributed by atoms with E-state index in [0.29, 0.717) is 25.9 Å². The normalized spacial score (nSPS) is 14.7. The van der Waals surface area contributed by atoms with E-state index in [1.807, 2.05) is 20.8 Å². The summed E-state index contributed by atoms with van der Waals surface area (Å²) in [5.41, 5.74) is 5.56. The van der Waals surface area contributed by atoms with Crippen molar-refractivity contribution >= 4 is 23.6 Å². The summed E-state index contributed by atoms with van der Waals surface area (Å²) in [6.45, 7) is 6.58. The quantitative estimate of drug-likeness (QED) is 0.673. The third-order valence-electron chi connectivity index (χ3n) is 4.95. The highest BCUT2D eigenvalue weighted by Crippen LogP contribution is 2.25. The number of piperidine rings is 1. The van der Waals surface area contributed by atoms with Crippen molar-refractivity contribution in [3.05, 3.63) is 41.3 Å². The van der Waals surface area contributed by atoms with Crippen molar-refractivity contribution in [3.8, 4) is 5.75 Å². The number of ether oxygens (including phenoxy) is 2. The van der Waals surface area contributed by atoms with Gasteiger partial charge in [-0.3, -0.25) is 4.79 Å². The minimum Gasteiger partial charge on any atom is -0.496 e. The topological polar surface area (TPSA) is 120 Å². The highest BCUT2D eigenvalue weighted by Gasteiger charge is 2.27. The van der Waals surface area contributed by atoms with Crippen molar-refractivity contribution in [2.24, 2.45) is 0 Å². The van der Waals surface area contributed by atoms with Crippen molar-refractivity contribution in [1.29, 1.82) is 0 Å². The molecule has 0 aliphatic carbocycles. The molecule has 172 valence electrons. The van der Waals surface area contributed by atoms with Crippen LogP contribution in [0.4, 0.5) is 21.0 Å². The zero-order chi connectivity index (χ0) is 23.5. The first kappa shape index (κ1) is 23.2. The molecular formula is C22H28FN5O4. The lowest BCUT2D eigenvalue weighted by Crippen LogP contribution is -2.44. The Balaban J connectivity index is 1.64. The van der Waals surface area contributed by atoms with Gasteiger partial charge >= 0.3 is 6.09 Å². The summed E-state index contributed by atoms with van der Waals surface area (Å²) in [5, 5.41) is 3.19. The van der Waals surface area contributed by atoms with Crippen LogP contribution in [0.3, 0.4) is 0 Å². The molecule has 0 spiro atoms. The lowest BCUT2D eigenvalue weighted by Gasteiger charge is -2.33. The summed E-state index contributed by atoms with van der Waals surface area (Å²) in [6, 6.07) is 3.71. The number of rotatable bonds is 5. The fourth-order valence-corrected chi connectivity index (χ4v) is 3.36. The number of hydrogen-bond donors (Lipinski definition) is 2. The van der Waals surface area contributed by atoms with E-state index in [1.54, 1.807) is 4.90 Å². The number of likely N-dealkylation sites (tertiary alicyclic amines) is 1. The molecule has 0 saturated carbocycles. The molecule has 32 heavy (non-hydrogen) atoms. The van der Waals surface area contributed by atoms with Crippen molar-refractivity contribution in [2.75, 3.05) is 31.2 Å². The van der Waals surface area contributed by atoms with Crippen LogP contribution >= 0.6 is 0 Å². The van der Waals surface area contributed by atoms with Crippen LogP contribution in [0.2, 0.25) is 0 Å². The molecule has 1 aliphatic rings. The first-order chi connectivity index (χ1) is 15.1. The molecule has 1 fully saturated rings. The summed E-state index contributed by atoms with van der Waals surface area (Å²) in [7, 11) is 1.39. The molecule has 9 nitrogen and oxygen atoms in total. The zero-order valence-electron chi connectivity index (χ0n) is 18.6. The number of benzene rings is 1. The average molecular weight is 445 g/mol. The molecule has 1 saturated heterocycles. The summed E-state index contributed by atoms with van der Waals surface area (Å²) >= 11 is 0. The van der Waals surface area contributed by atoms with Gasteiger partial charge in [-0.15, -0.1) is 0 Å². The number of methoxy groups -OCH3 is 1. The van der Waals surface area contributed by atoms with Gasteiger partial charge in [0, 0.05) is 25.3 Å². The molecule has 0 radical (unpaired) electrons. The summed E-state index contributed by atoms with van der Waals surface area (Å²) in [4.78, 5) is 35.1. The molecule has 2 aromatic rings. The van der Waals surface area contributed by atoms with Crippen molar-refractivity contribution in [2.45, 2.75) is 45.3 Å². The van der Waals surface area contributed by atoms with Crippen molar-refractivity contribution in [1.82, 2.24) is 14.9 Å². The van der Waals surface area contributed by atoms with Crippen molar-refractivity contribution < 1.29 is 23.5 Å². The minimum atomic E-state index is -0.565. The van der Waals surface area contributed by atoms with Crippen LogP contribution in [-0.4, -0.2) is 58.6 Å². The van der Waals surface area contributed by atoms with Gasteiger partial charge in [-0.25, -0.2) is 14.2 Å². The number of ketones is 1. The number of halogens is 1. The lowest BCUT2D eigenvalue weighted by molar-refractivity contribution is 0.0210. The van der Waals surface area contributed by atoms with Crippen LogP contribution in [0.5, 0.6) is 5.75 Å². The van der Waals surface area contributed by atoms with Gasteiger partial charge in [0.15, 0.2) is 0 Å². The van der Waals surface area contributed by atoms with Gasteiger partial charge in [-0.05, 0) is 51.8 Å². The number of hydrogen-bond acceptors (Lipinski definition) is 8. The second-order valence-corrected chi connectivity index (χ2v) is 8.55. The summed E-state index contributed by atoms with van der Waals surface area (Å²) < 4.78 is 24.2. The van der Waals surface area contributed by atoms with E-state index < -0.39 is 17.2 Å². The average Bonchev–Trinajstić information content (AvgIpc) is 2.72. The Morgan fingerprint density at radius 1 is 1.22 bits per heavy atom. The number of nitrogens with one attached hydrogen (secondary N) is 1. The highest BCUT2D eigenvalue weighted by atomic mass is 19.1. The Kier molecular flexibility index (Phi) is 6.81. The van der Waals surface area contributed by atoms with E-state index in [2.05, 4.69) is 15.3 Å². The molecule has 0 unspecified atom stereocenters. The van der Waals surface area contributed by atoms with Gasteiger partial charge in [0.25, 0.3) is 0 Å². The first-order valence-electron chi connectivity index (χ1n) is 10.3. The molecule has 1 aromatic heterocycles. The third-order valence-corrected chi connectivity index (χ3v) is 4.95. The largest absolute Gasteiger partial charge is 0.496 e. The maximum absolute atomic E-state index is 13.6. The van der Waals surface area contributed by atoms with E-state index in [1.165, 1.54) is 25.4 Å². The molecule has 2 heterocycles. The van der Waals surface area contributed by atoms with Gasteiger partial charge in [-0.2, -0.15) is 4.98 Å². The van der Waals surface area contributed by atoms with E-state index in [9.17, 15) is 14.0 Å². The van der Waals surface area contributed by atoms with E-state index in [0.717, 1.165) is 6.07 Å². The number of nitrogen functional groups attached to an aromatic ring is 1. The van der Waals surface area contributed by atoms with Gasteiger partial charge in [-0.1, -0.05) is 0 Å². The van der Waals surface area contributed by atoms with Gasteiger partial charge in [0.1, 0.15) is 23.0 Å². The standard InChI is InChI=1S/C22H28FN5O4/c1-22(2,3)32-21(30)28-9-7-14(8-10-28)26-20-25-12-16(19(24)27-20)18(29)15-11-13(23)5-6-17(15)31-4/h5-6,11-12,14H,7-10H2,1-4H3,(H3,24,25,26,27). The number of nitrogens with zero attached hydrogens (tertiary/aromatic N) is 3. The second-order valence-electron chi connectivity index (χ2n) is 8.55. The summed E-state index contributed by atoms with van der Waals surface area (Å²) in [5.74, 6) is -0.610. The molecule has 1 aromatic carbocycles. The fourth-order valence-electron chi connectivity index (χ4n) is 3.36. The zero-order valence-corrected chi connectivity index (χ0v) is 18.6. The van der Waals surface area contributed by atoms with Crippen LogP contribution in [0.15, 0.2) is 24.4 Å². The Hall–Kier alpha value is -3.43. The Morgan fingerprint density at radius 2 is 1.91 bits per heavy atom. The Bertz CT molecular complexity index is 1000.